The fourth-order valence-corrected chi connectivity index (χ4v) is 2.25. The lowest BCUT2D eigenvalue weighted by molar-refractivity contribution is 0.286. The van der Waals surface area contributed by atoms with E-state index in [1.165, 1.54) is 5.56 Å². The summed E-state index contributed by atoms with van der Waals surface area (Å²) in [6.07, 6.45) is 1.32. The first-order chi connectivity index (χ1) is 7.94. The summed E-state index contributed by atoms with van der Waals surface area (Å²) in [5.41, 5.74) is 1.37. The third kappa shape index (κ3) is 4.30. The zero-order valence-corrected chi connectivity index (χ0v) is 11.4. The van der Waals surface area contributed by atoms with Gasteiger partial charge >= 0.3 is 0 Å². The summed E-state index contributed by atoms with van der Waals surface area (Å²) in [5, 5.41) is 4.42. The molecule has 17 heavy (non-hydrogen) atoms. The van der Waals surface area contributed by atoms with Crippen LogP contribution in [-0.4, -0.2) is 24.3 Å². The van der Waals surface area contributed by atoms with Crippen molar-refractivity contribution in [3.8, 4) is 0 Å². The average Bonchev–Trinajstić information content (AvgIpc) is 2.97. The summed E-state index contributed by atoms with van der Waals surface area (Å²) in [4.78, 5) is 0. The second-order valence-electron chi connectivity index (χ2n) is 5.71. The normalized spacial score (nSPS) is 21.3. The van der Waals surface area contributed by atoms with Gasteiger partial charge < -0.3 is 10.1 Å². The van der Waals surface area contributed by atoms with Gasteiger partial charge in [-0.2, -0.15) is 0 Å². The van der Waals surface area contributed by atoms with E-state index in [0.717, 1.165) is 18.1 Å². The van der Waals surface area contributed by atoms with Gasteiger partial charge in [0.2, 0.25) is 0 Å². The second-order valence-corrected chi connectivity index (χ2v) is 6.14. The maximum Gasteiger partial charge on any atom is 0.0965 e. The Morgan fingerprint density at radius 1 is 1.47 bits per heavy atom. The lowest BCUT2D eigenvalue weighted by atomic mass is 9.99. The summed E-state index contributed by atoms with van der Waals surface area (Å²) in [7, 11) is 0. The van der Waals surface area contributed by atoms with E-state index in [4.69, 9.17) is 16.3 Å². The number of rotatable bonds is 4. The van der Waals surface area contributed by atoms with Crippen LogP contribution < -0.4 is 5.32 Å². The van der Waals surface area contributed by atoms with Crippen LogP contribution in [0.5, 0.6) is 0 Å². The van der Waals surface area contributed by atoms with E-state index in [0.29, 0.717) is 12.1 Å². The molecule has 1 fully saturated rings. The minimum atomic E-state index is 0.106. The van der Waals surface area contributed by atoms with Crippen LogP contribution in [0.2, 0.25) is 5.02 Å². The number of benzene rings is 1. The van der Waals surface area contributed by atoms with Crippen LogP contribution in [-0.2, 0) is 11.2 Å². The van der Waals surface area contributed by atoms with Crippen molar-refractivity contribution in [2.75, 3.05) is 6.61 Å². The molecule has 1 aliphatic heterocycles. The van der Waals surface area contributed by atoms with Crippen molar-refractivity contribution in [3.05, 3.63) is 34.9 Å². The number of epoxide rings is 1. The molecule has 0 amide bonds. The molecule has 94 valence electrons. The van der Waals surface area contributed by atoms with Gasteiger partial charge in [-0.25, -0.2) is 0 Å². The molecular weight excluding hydrogens is 234 g/mol. The van der Waals surface area contributed by atoms with E-state index in [-0.39, 0.29) is 5.54 Å². The topological polar surface area (TPSA) is 24.6 Å². The van der Waals surface area contributed by atoms with Crippen LogP contribution in [0.15, 0.2) is 24.3 Å². The summed E-state index contributed by atoms with van der Waals surface area (Å²) in [5.74, 6) is 0. The minimum absolute atomic E-state index is 0.106. The Bertz CT molecular complexity index is 382. The maximum atomic E-state index is 6.00. The number of hydrogen-bond donors (Lipinski definition) is 1. The Morgan fingerprint density at radius 3 is 2.71 bits per heavy atom. The van der Waals surface area contributed by atoms with Crippen molar-refractivity contribution in [2.24, 2.45) is 0 Å². The van der Waals surface area contributed by atoms with E-state index >= 15 is 0 Å². The van der Waals surface area contributed by atoms with Crippen molar-refractivity contribution in [1.82, 2.24) is 5.32 Å². The highest BCUT2D eigenvalue weighted by atomic mass is 35.5. The fourth-order valence-electron chi connectivity index (χ4n) is 2.04. The zero-order chi connectivity index (χ0) is 12.5. The Kier molecular flexibility index (Phi) is 3.76. The SMILES string of the molecule is CC(C)(C)N[C@@H](Cc1cccc(Cl)c1)[C@H]1CO1. The molecule has 1 saturated heterocycles. The molecule has 2 atom stereocenters. The minimum Gasteiger partial charge on any atom is -0.371 e. The molecule has 1 N–H and O–H groups in total. The lowest BCUT2D eigenvalue weighted by Gasteiger charge is -2.27. The van der Waals surface area contributed by atoms with E-state index < -0.39 is 0 Å². The first-order valence-corrected chi connectivity index (χ1v) is 6.45. The third-order valence-electron chi connectivity index (χ3n) is 2.77. The van der Waals surface area contributed by atoms with Crippen LogP contribution in [0.1, 0.15) is 26.3 Å². The third-order valence-corrected chi connectivity index (χ3v) is 3.01. The molecule has 0 bridgehead atoms. The average molecular weight is 254 g/mol. The van der Waals surface area contributed by atoms with Crippen LogP contribution in [0, 0.1) is 0 Å². The largest absolute Gasteiger partial charge is 0.371 e. The highest BCUT2D eigenvalue weighted by Gasteiger charge is 2.34. The molecule has 0 radical (unpaired) electrons. The number of nitrogens with one attached hydrogen (secondary N) is 1. The number of hydrogen-bond acceptors (Lipinski definition) is 2. The molecule has 0 unspecified atom stereocenters. The summed E-state index contributed by atoms with van der Waals surface area (Å²) < 4.78 is 5.42. The molecular formula is C14H20ClNO. The molecule has 2 nitrogen and oxygen atoms in total. The molecule has 0 aliphatic carbocycles. The molecule has 1 aromatic carbocycles. The van der Waals surface area contributed by atoms with Gasteiger partial charge in [-0.05, 0) is 44.9 Å². The number of ether oxygens (including phenoxy) is 1. The van der Waals surface area contributed by atoms with Crippen LogP contribution >= 0.6 is 11.6 Å². The first-order valence-electron chi connectivity index (χ1n) is 6.08. The quantitative estimate of drug-likeness (QED) is 0.835. The van der Waals surface area contributed by atoms with Crippen LogP contribution in [0.3, 0.4) is 0 Å². The first kappa shape index (κ1) is 12.9. The van der Waals surface area contributed by atoms with Crippen molar-refractivity contribution in [1.29, 1.82) is 0 Å². The van der Waals surface area contributed by atoms with Crippen molar-refractivity contribution in [2.45, 2.75) is 44.9 Å². The second kappa shape index (κ2) is 4.97. The van der Waals surface area contributed by atoms with Crippen molar-refractivity contribution >= 4 is 11.6 Å². The predicted molar refractivity (Wildman–Crippen MR) is 71.6 cm³/mol. The summed E-state index contributed by atoms with van der Waals surface area (Å²) >= 11 is 6.00. The number of halogens is 1. The highest BCUT2D eigenvalue weighted by Crippen LogP contribution is 2.21. The molecule has 2 rings (SSSR count). The Hall–Kier alpha value is -0.570. The fraction of sp³-hybridized carbons (Fsp3) is 0.571. The van der Waals surface area contributed by atoms with Crippen LogP contribution in [0.4, 0.5) is 0 Å². The van der Waals surface area contributed by atoms with Crippen molar-refractivity contribution in [3.63, 3.8) is 0 Å². The summed E-state index contributed by atoms with van der Waals surface area (Å²) in [6.45, 7) is 7.41. The molecule has 1 aromatic rings. The molecule has 0 spiro atoms. The monoisotopic (exact) mass is 253 g/mol. The van der Waals surface area contributed by atoms with E-state index in [2.05, 4.69) is 32.2 Å². The van der Waals surface area contributed by atoms with Gasteiger partial charge in [-0.15, -0.1) is 0 Å². The standard InChI is InChI=1S/C14H20ClNO/c1-14(2,3)16-12(13-9-17-13)8-10-5-4-6-11(15)7-10/h4-7,12-13,16H,8-9H2,1-3H3/t12-,13+/m0/s1. The smallest absolute Gasteiger partial charge is 0.0965 e. The molecule has 1 heterocycles. The Balaban J connectivity index is 2.02. The van der Waals surface area contributed by atoms with Gasteiger partial charge in [-0.3, -0.25) is 0 Å². The van der Waals surface area contributed by atoms with Crippen LogP contribution in [0.25, 0.3) is 0 Å². The molecule has 0 aromatic heterocycles. The summed E-state index contributed by atoms with van der Waals surface area (Å²) in [6, 6.07) is 8.42. The van der Waals surface area contributed by atoms with Crippen molar-refractivity contribution < 1.29 is 4.74 Å². The lowest BCUT2D eigenvalue weighted by Crippen LogP contribution is -2.47. The van der Waals surface area contributed by atoms with Gasteiger partial charge in [0.25, 0.3) is 0 Å². The molecule has 0 saturated carbocycles. The Morgan fingerprint density at radius 2 is 2.18 bits per heavy atom. The van der Waals surface area contributed by atoms with E-state index in [9.17, 15) is 0 Å². The highest BCUT2D eigenvalue weighted by molar-refractivity contribution is 6.30. The zero-order valence-electron chi connectivity index (χ0n) is 10.7. The molecule has 3 heteroatoms. The van der Waals surface area contributed by atoms with E-state index in [1.807, 2.05) is 18.2 Å². The van der Waals surface area contributed by atoms with Gasteiger partial charge in [0.15, 0.2) is 0 Å². The molecule has 1 aliphatic rings. The van der Waals surface area contributed by atoms with Gasteiger partial charge in [0.1, 0.15) is 0 Å². The van der Waals surface area contributed by atoms with E-state index in [1.54, 1.807) is 0 Å². The van der Waals surface area contributed by atoms with Gasteiger partial charge in [-0.1, -0.05) is 23.7 Å². The maximum absolute atomic E-state index is 6.00. The van der Waals surface area contributed by atoms with Gasteiger partial charge in [0.05, 0.1) is 12.7 Å². The predicted octanol–water partition coefficient (Wildman–Crippen LogP) is 3.04. The van der Waals surface area contributed by atoms with Gasteiger partial charge in [0, 0.05) is 16.6 Å². The Labute approximate surface area is 108 Å².